The Morgan fingerprint density at radius 3 is 2.68 bits per heavy atom. The average molecular weight is 344 g/mol. The van der Waals surface area contributed by atoms with Gasteiger partial charge in [0, 0.05) is 17.5 Å². The standard InChI is InChI=1S/C10H14ClNO4S3/c1-8-7-18(13,14)5-4-12(8)19(15,16)10-3-2-9(6-11)17-10/h2-3,8H,4-7H2,1H3. The van der Waals surface area contributed by atoms with Gasteiger partial charge in [-0.1, -0.05) is 0 Å². The highest BCUT2D eigenvalue weighted by Gasteiger charge is 2.37. The maximum atomic E-state index is 12.4. The third-order valence-corrected chi connectivity index (χ3v) is 8.75. The molecule has 0 amide bonds. The molecule has 19 heavy (non-hydrogen) atoms. The molecular weight excluding hydrogens is 330 g/mol. The minimum absolute atomic E-state index is 0.0138. The first kappa shape index (κ1) is 15.2. The van der Waals surface area contributed by atoms with Gasteiger partial charge in [-0.2, -0.15) is 4.31 Å². The second-order valence-electron chi connectivity index (χ2n) is 4.43. The van der Waals surface area contributed by atoms with E-state index in [1.54, 1.807) is 13.0 Å². The van der Waals surface area contributed by atoms with E-state index in [1.807, 2.05) is 0 Å². The largest absolute Gasteiger partial charge is 0.252 e. The van der Waals surface area contributed by atoms with E-state index in [1.165, 1.54) is 10.4 Å². The van der Waals surface area contributed by atoms with Crippen LogP contribution in [0.1, 0.15) is 11.8 Å². The number of hydrogen-bond acceptors (Lipinski definition) is 5. The molecule has 0 saturated carbocycles. The van der Waals surface area contributed by atoms with E-state index in [4.69, 9.17) is 11.6 Å². The van der Waals surface area contributed by atoms with Crippen LogP contribution >= 0.6 is 22.9 Å². The molecule has 1 aliphatic heterocycles. The fourth-order valence-corrected chi connectivity index (χ4v) is 7.01. The fourth-order valence-electron chi connectivity index (χ4n) is 2.02. The predicted octanol–water partition coefficient (Wildman–Crippen LogP) is 1.29. The molecule has 0 aliphatic carbocycles. The Labute approximate surface area is 122 Å². The topological polar surface area (TPSA) is 71.5 Å². The van der Waals surface area contributed by atoms with Gasteiger partial charge in [0.05, 0.1) is 17.4 Å². The van der Waals surface area contributed by atoms with E-state index < -0.39 is 25.9 Å². The van der Waals surface area contributed by atoms with E-state index in [-0.39, 0.29) is 28.1 Å². The molecule has 0 N–H and O–H groups in total. The van der Waals surface area contributed by atoms with E-state index in [9.17, 15) is 16.8 Å². The van der Waals surface area contributed by atoms with Crippen molar-refractivity contribution in [3.63, 3.8) is 0 Å². The van der Waals surface area contributed by atoms with Gasteiger partial charge in [0.25, 0.3) is 10.0 Å². The molecule has 2 heterocycles. The third-order valence-electron chi connectivity index (χ3n) is 2.94. The second kappa shape index (κ2) is 5.33. The zero-order valence-electron chi connectivity index (χ0n) is 10.2. The maximum absolute atomic E-state index is 12.4. The van der Waals surface area contributed by atoms with E-state index >= 15 is 0 Å². The van der Waals surface area contributed by atoms with Gasteiger partial charge < -0.3 is 0 Å². The lowest BCUT2D eigenvalue weighted by atomic mass is 10.4. The number of rotatable bonds is 3. The molecule has 0 bridgehead atoms. The number of alkyl halides is 1. The Hall–Kier alpha value is -0.150. The zero-order valence-corrected chi connectivity index (χ0v) is 13.4. The van der Waals surface area contributed by atoms with Crippen LogP contribution in [0, 0.1) is 0 Å². The Morgan fingerprint density at radius 1 is 1.47 bits per heavy atom. The molecule has 1 aromatic rings. The molecule has 0 radical (unpaired) electrons. The summed E-state index contributed by atoms with van der Waals surface area (Å²) in [6, 6.07) is 2.66. The smallest absolute Gasteiger partial charge is 0.229 e. The summed E-state index contributed by atoms with van der Waals surface area (Å²) in [7, 11) is -6.75. The van der Waals surface area contributed by atoms with Crippen molar-refractivity contribution in [3.05, 3.63) is 17.0 Å². The average Bonchev–Trinajstić information content (AvgIpc) is 2.76. The minimum Gasteiger partial charge on any atom is -0.229 e. The molecular formula is C10H14ClNO4S3. The molecule has 2 rings (SSSR count). The van der Waals surface area contributed by atoms with Crippen LogP contribution in [-0.4, -0.2) is 45.2 Å². The Bertz CT molecular complexity index is 665. The van der Waals surface area contributed by atoms with Crippen LogP contribution in [0.25, 0.3) is 0 Å². The van der Waals surface area contributed by atoms with Crippen LogP contribution in [0.3, 0.4) is 0 Å². The maximum Gasteiger partial charge on any atom is 0.252 e. The Morgan fingerprint density at radius 2 is 2.16 bits per heavy atom. The summed E-state index contributed by atoms with van der Waals surface area (Å²) >= 11 is 6.79. The number of thiophene rings is 1. The molecule has 1 saturated heterocycles. The van der Waals surface area contributed by atoms with Crippen LogP contribution in [-0.2, 0) is 25.7 Å². The summed E-state index contributed by atoms with van der Waals surface area (Å²) < 4.78 is 49.3. The summed E-state index contributed by atoms with van der Waals surface area (Å²) in [5.41, 5.74) is 0. The lowest BCUT2D eigenvalue weighted by Crippen LogP contribution is -2.49. The highest BCUT2D eigenvalue weighted by atomic mass is 35.5. The summed E-state index contributed by atoms with van der Waals surface area (Å²) in [6.45, 7) is 1.63. The van der Waals surface area contributed by atoms with E-state index in [2.05, 4.69) is 0 Å². The molecule has 1 aromatic heterocycles. The minimum atomic E-state index is -3.62. The van der Waals surface area contributed by atoms with Gasteiger partial charge in [-0.3, -0.25) is 0 Å². The van der Waals surface area contributed by atoms with Crippen LogP contribution in [0.4, 0.5) is 0 Å². The lowest BCUT2D eigenvalue weighted by molar-refractivity contribution is 0.357. The zero-order chi connectivity index (χ0) is 14.3. The summed E-state index contributed by atoms with van der Waals surface area (Å²) in [4.78, 5) is 0.775. The van der Waals surface area contributed by atoms with Crippen molar-refractivity contribution in [2.45, 2.75) is 23.1 Å². The van der Waals surface area contributed by atoms with E-state index in [0.717, 1.165) is 16.2 Å². The van der Waals surface area contributed by atoms with Crippen LogP contribution in [0.5, 0.6) is 0 Å². The highest BCUT2D eigenvalue weighted by Crippen LogP contribution is 2.28. The lowest BCUT2D eigenvalue weighted by Gasteiger charge is -2.31. The van der Waals surface area contributed by atoms with Gasteiger partial charge >= 0.3 is 0 Å². The van der Waals surface area contributed by atoms with Crippen molar-refractivity contribution >= 4 is 42.8 Å². The molecule has 1 unspecified atom stereocenters. The molecule has 9 heteroatoms. The van der Waals surface area contributed by atoms with Crippen LogP contribution in [0.2, 0.25) is 0 Å². The molecule has 5 nitrogen and oxygen atoms in total. The SMILES string of the molecule is CC1CS(=O)(=O)CCN1S(=O)(=O)c1ccc(CCl)s1. The Kier molecular flexibility index (Phi) is 4.27. The van der Waals surface area contributed by atoms with Crippen molar-refractivity contribution < 1.29 is 16.8 Å². The second-order valence-corrected chi connectivity index (χ2v) is 10.2. The summed E-state index contributed by atoms with van der Waals surface area (Å²) in [5.74, 6) is 0.0222. The van der Waals surface area contributed by atoms with Gasteiger partial charge in [-0.05, 0) is 19.1 Å². The number of halogens is 1. The molecule has 0 aromatic carbocycles. The molecule has 1 fully saturated rings. The van der Waals surface area contributed by atoms with Crippen LogP contribution < -0.4 is 0 Å². The molecule has 1 atom stereocenters. The fraction of sp³-hybridized carbons (Fsp3) is 0.600. The first-order chi connectivity index (χ1) is 8.76. The number of nitrogens with zero attached hydrogens (tertiary/aromatic N) is 1. The third kappa shape index (κ3) is 3.13. The molecule has 108 valence electrons. The predicted molar refractivity (Wildman–Crippen MR) is 75.9 cm³/mol. The number of hydrogen-bond donors (Lipinski definition) is 0. The number of sulfone groups is 1. The van der Waals surface area contributed by atoms with Gasteiger partial charge in [0.2, 0.25) is 0 Å². The normalized spacial score (nSPS) is 24.4. The van der Waals surface area contributed by atoms with Crippen molar-refractivity contribution in [3.8, 4) is 0 Å². The molecule has 1 aliphatic rings. The van der Waals surface area contributed by atoms with Crippen molar-refractivity contribution in [2.24, 2.45) is 0 Å². The van der Waals surface area contributed by atoms with Crippen molar-refractivity contribution in [2.75, 3.05) is 18.1 Å². The summed E-state index contributed by atoms with van der Waals surface area (Å²) in [5, 5.41) is 0. The Balaban J connectivity index is 2.30. The number of sulfonamides is 1. The van der Waals surface area contributed by atoms with Crippen molar-refractivity contribution in [1.82, 2.24) is 4.31 Å². The van der Waals surface area contributed by atoms with E-state index in [0.29, 0.717) is 0 Å². The first-order valence-electron chi connectivity index (χ1n) is 5.63. The van der Waals surface area contributed by atoms with Gasteiger partial charge in [-0.25, -0.2) is 16.8 Å². The first-order valence-corrected chi connectivity index (χ1v) is 10.2. The molecule has 0 spiro atoms. The highest BCUT2D eigenvalue weighted by molar-refractivity contribution is 7.92. The van der Waals surface area contributed by atoms with Gasteiger partial charge in [-0.15, -0.1) is 22.9 Å². The van der Waals surface area contributed by atoms with Crippen molar-refractivity contribution in [1.29, 1.82) is 0 Å². The summed E-state index contributed by atoms with van der Waals surface area (Å²) in [6.07, 6.45) is 0. The van der Waals surface area contributed by atoms with Gasteiger partial charge in [0.1, 0.15) is 4.21 Å². The van der Waals surface area contributed by atoms with Gasteiger partial charge in [0.15, 0.2) is 9.84 Å². The monoisotopic (exact) mass is 343 g/mol. The van der Waals surface area contributed by atoms with Crippen LogP contribution in [0.15, 0.2) is 16.3 Å². The quantitative estimate of drug-likeness (QED) is 0.775.